The van der Waals surface area contributed by atoms with E-state index in [9.17, 15) is 9.59 Å². The van der Waals surface area contributed by atoms with Gasteiger partial charge in [-0.3, -0.25) is 14.2 Å². The molecule has 0 aliphatic heterocycles. The number of hydrogen-bond acceptors (Lipinski definition) is 6. The molecule has 0 saturated carbocycles. The van der Waals surface area contributed by atoms with Gasteiger partial charge in [0.25, 0.3) is 11.5 Å². The number of anilines is 1. The first kappa shape index (κ1) is 25.7. The molecule has 1 amide bonds. The molecule has 0 saturated heterocycles. The van der Waals surface area contributed by atoms with E-state index >= 15 is 0 Å². The largest absolute Gasteiger partial charge is 0.381 e. The van der Waals surface area contributed by atoms with E-state index in [1.165, 1.54) is 4.52 Å². The molecule has 202 valence electrons. The van der Waals surface area contributed by atoms with Gasteiger partial charge in [-0.25, -0.2) is 14.5 Å². The van der Waals surface area contributed by atoms with E-state index in [1.54, 1.807) is 29.8 Å². The molecule has 6 rings (SSSR count). The minimum atomic E-state index is -0.664. The summed E-state index contributed by atoms with van der Waals surface area (Å²) in [7, 11) is 0. The number of nitrogens with zero attached hydrogens (tertiary/aromatic N) is 5. The zero-order valence-corrected chi connectivity index (χ0v) is 22.5. The van der Waals surface area contributed by atoms with Crippen LogP contribution in [-0.2, 0) is 0 Å². The maximum absolute atomic E-state index is 14.2. The number of aromatic nitrogens is 5. The lowest BCUT2D eigenvalue weighted by Gasteiger charge is -2.20. The van der Waals surface area contributed by atoms with Gasteiger partial charge in [-0.05, 0) is 49.2 Å². The number of rotatable bonds is 6. The number of aryl methyl sites for hydroxylation is 1. The monoisotopic (exact) mass is 541 g/mol. The molecular weight excluding hydrogens is 514 g/mol. The van der Waals surface area contributed by atoms with Crippen molar-refractivity contribution in [2.75, 3.05) is 5.73 Å². The van der Waals surface area contributed by atoms with Gasteiger partial charge >= 0.3 is 0 Å². The van der Waals surface area contributed by atoms with Crippen molar-refractivity contribution in [3.8, 4) is 5.69 Å². The van der Waals surface area contributed by atoms with Crippen LogP contribution in [0.15, 0.2) is 95.9 Å². The number of nitrogen functional groups attached to an aromatic ring is 1. The number of benzene rings is 3. The van der Waals surface area contributed by atoms with Gasteiger partial charge in [0, 0.05) is 11.9 Å². The Morgan fingerprint density at radius 1 is 0.951 bits per heavy atom. The van der Waals surface area contributed by atoms with Crippen molar-refractivity contribution in [1.82, 2.24) is 29.5 Å². The molecule has 0 spiro atoms. The molecule has 3 N–H and O–H groups in total. The van der Waals surface area contributed by atoms with Gasteiger partial charge in [0.2, 0.25) is 0 Å². The fourth-order valence-corrected chi connectivity index (χ4v) is 4.91. The smallest absolute Gasteiger partial charge is 0.266 e. The zero-order chi connectivity index (χ0) is 28.5. The second kappa shape index (κ2) is 10.5. The van der Waals surface area contributed by atoms with Crippen molar-refractivity contribution in [2.24, 2.45) is 0 Å². The summed E-state index contributed by atoms with van der Waals surface area (Å²) in [6.45, 7) is 3.64. The van der Waals surface area contributed by atoms with Crippen molar-refractivity contribution in [3.05, 3.63) is 130 Å². The predicted molar refractivity (Wildman–Crippen MR) is 161 cm³/mol. The summed E-state index contributed by atoms with van der Waals surface area (Å²) >= 11 is 0. The van der Waals surface area contributed by atoms with E-state index in [2.05, 4.69) is 15.4 Å². The van der Waals surface area contributed by atoms with Crippen molar-refractivity contribution < 1.29 is 4.79 Å². The molecule has 41 heavy (non-hydrogen) atoms. The minimum Gasteiger partial charge on any atom is -0.381 e. The van der Waals surface area contributed by atoms with Crippen LogP contribution in [0.4, 0.5) is 5.82 Å². The summed E-state index contributed by atoms with van der Waals surface area (Å²) in [6, 6.07) is 25.8. The topological polar surface area (TPSA) is 120 Å². The van der Waals surface area contributed by atoms with Crippen LogP contribution in [0.5, 0.6) is 0 Å². The fourth-order valence-electron chi connectivity index (χ4n) is 4.91. The van der Waals surface area contributed by atoms with Gasteiger partial charge in [-0.1, -0.05) is 72.8 Å². The molecule has 0 aliphatic carbocycles. The number of carbonyl (C=O) groups excluding carboxylic acids is 1. The Balaban J connectivity index is 1.46. The van der Waals surface area contributed by atoms with Crippen molar-refractivity contribution in [1.29, 1.82) is 0 Å². The molecule has 3 heterocycles. The van der Waals surface area contributed by atoms with Crippen molar-refractivity contribution >= 4 is 40.4 Å². The van der Waals surface area contributed by atoms with E-state index in [0.717, 1.165) is 16.8 Å². The molecule has 0 aliphatic rings. The third-order valence-electron chi connectivity index (χ3n) is 6.92. The Morgan fingerprint density at radius 3 is 2.44 bits per heavy atom. The number of amides is 1. The molecule has 0 radical (unpaired) electrons. The number of nitrogens with two attached hydrogens (primary N) is 1. The van der Waals surface area contributed by atoms with E-state index in [1.807, 2.05) is 91.9 Å². The maximum Gasteiger partial charge on any atom is 0.266 e. The summed E-state index contributed by atoms with van der Waals surface area (Å²) in [4.78, 5) is 36.9. The van der Waals surface area contributed by atoms with Crippen LogP contribution in [0.1, 0.15) is 46.0 Å². The SMILES string of the molecule is Cc1ccnc2c(C(=O)NC(C)c3nc4cccc(C=Cc5ccccc5)c4c(=O)n3-c3ccccc3)c(N)nn12. The van der Waals surface area contributed by atoms with Gasteiger partial charge in [0.15, 0.2) is 11.5 Å². The second-order valence-electron chi connectivity index (χ2n) is 9.71. The lowest BCUT2D eigenvalue weighted by Crippen LogP contribution is -2.33. The maximum atomic E-state index is 14.2. The van der Waals surface area contributed by atoms with E-state index in [0.29, 0.717) is 28.1 Å². The Morgan fingerprint density at radius 2 is 1.68 bits per heavy atom. The van der Waals surface area contributed by atoms with Crippen LogP contribution in [0.25, 0.3) is 34.4 Å². The van der Waals surface area contributed by atoms with Crippen LogP contribution in [0, 0.1) is 6.92 Å². The van der Waals surface area contributed by atoms with Crippen molar-refractivity contribution in [3.63, 3.8) is 0 Å². The summed E-state index contributed by atoms with van der Waals surface area (Å²) in [5.41, 5.74) is 10.1. The Bertz CT molecular complexity index is 1990. The lowest BCUT2D eigenvalue weighted by atomic mass is 10.1. The van der Waals surface area contributed by atoms with Gasteiger partial charge in [-0.2, -0.15) is 0 Å². The molecule has 9 heteroatoms. The molecule has 3 aromatic carbocycles. The highest BCUT2D eigenvalue weighted by Crippen LogP contribution is 2.23. The summed E-state index contributed by atoms with van der Waals surface area (Å²) < 4.78 is 3.09. The highest BCUT2D eigenvalue weighted by Gasteiger charge is 2.25. The minimum absolute atomic E-state index is 0.0678. The molecular formula is C32H27N7O2. The Hall–Kier alpha value is -5.57. The van der Waals surface area contributed by atoms with Crippen LogP contribution in [0.3, 0.4) is 0 Å². The quantitative estimate of drug-likeness (QED) is 0.287. The number of carbonyl (C=O) groups is 1. The standard InChI is InChI=1S/C32H27N7O2/c1-20-18-19-34-30-27(28(33)37-39(20)30)31(40)35-21(2)29-36-25-15-9-12-23(17-16-22-10-5-3-6-11-22)26(25)32(41)38(29)24-13-7-4-8-14-24/h3-19,21H,1-2H3,(H2,33,37)(H,35,40). The predicted octanol–water partition coefficient (Wildman–Crippen LogP) is 4.98. The van der Waals surface area contributed by atoms with Crippen LogP contribution in [-0.4, -0.2) is 30.1 Å². The third-order valence-corrected chi connectivity index (χ3v) is 6.92. The molecule has 0 fully saturated rings. The zero-order valence-electron chi connectivity index (χ0n) is 22.5. The molecule has 6 aromatic rings. The summed E-state index contributed by atoms with van der Waals surface area (Å²) in [5, 5.41) is 7.73. The van der Waals surface area contributed by atoms with E-state index < -0.39 is 11.9 Å². The van der Waals surface area contributed by atoms with Crippen molar-refractivity contribution in [2.45, 2.75) is 19.9 Å². The van der Waals surface area contributed by atoms with Crippen LogP contribution in [0.2, 0.25) is 0 Å². The molecule has 0 bridgehead atoms. The van der Waals surface area contributed by atoms with Crippen LogP contribution >= 0.6 is 0 Å². The first-order valence-corrected chi connectivity index (χ1v) is 13.2. The van der Waals surface area contributed by atoms with Gasteiger partial charge in [0.1, 0.15) is 11.4 Å². The van der Waals surface area contributed by atoms with E-state index in [-0.39, 0.29) is 16.9 Å². The first-order chi connectivity index (χ1) is 19.9. The van der Waals surface area contributed by atoms with Gasteiger partial charge < -0.3 is 11.1 Å². The fraction of sp³-hybridized carbons (Fsp3) is 0.0938. The summed E-state index contributed by atoms with van der Waals surface area (Å²) in [6.07, 6.45) is 5.49. The molecule has 1 atom stereocenters. The average Bonchev–Trinajstić information content (AvgIpc) is 3.34. The normalized spacial score (nSPS) is 12.2. The first-order valence-electron chi connectivity index (χ1n) is 13.2. The second-order valence-corrected chi connectivity index (χ2v) is 9.71. The number of nitrogens with one attached hydrogen (secondary N) is 1. The Kier molecular flexibility index (Phi) is 6.60. The number of fused-ring (bicyclic) bond motifs is 2. The Labute approximate surface area is 235 Å². The van der Waals surface area contributed by atoms with Gasteiger partial charge in [-0.15, -0.1) is 5.10 Å². The van der Waals surface area contributed by atoms with Crippen LogP contribution < -0.4 is 16.6 Å². The van der Waals surface area contributed by atoms with E-state index in [4.69, 9.17) is 10.7 Å². The lowest BCUT2D eigenvalue weighted by molar-refractivity contribution is 0.0940. The average molecular weight is 542 g/mol. The molecule has 3 aromatic heterocycles. The van der Waals surface area contributed by atoms with Gasteiger partial charge in [0.05, 0.1) is 22.6 Å². The third kappa shape index (κ3) is 4.74. The highest BCUT2D eigenvalue weighted by atomic mass is 16.2. The summed E-state index contributed by atoms with van der Waals surface area (Å²) in [5.74, 6) is -0.0136. The highest BCUT2D eigenvalue weighted by molar-refractivity contribution is 6.04. The molecule has 9 nitrogen and oxygen atoms in total. The molecule has 1 unspecified atom stereocenters. The number of para-hydroxylation sites is 1. The number of hydrogen-bond donors (Lipinski definition) is 2.